The summed E-state index contributed by atoms with van der Waals surface area (Å²) in [6.45, 7) is 2.11. The second-order valence-corrected chi connectivity index (χ2v) is 5.21. The first kappa shape index (κ1) is 13.1. The molecule has 0 aliphatic heterocycles. The smallest absolute Gasteiger partial charge is 0.139 e. The van der Waals surface area contributed by atoms with Gasteiger partial charge < -0.3 is 11.1 Å². The standard InChI is InChI=1S/C13H15IN4/c1-2-3-11-12(15)16-8-17-13(11)18-10-6-4-9(14)5-7-10/h4-8H,2-3H2,1H3,(H3,15,16,17,18). The fraction of sp³-hybridized carbons (Fsp3) is 0.231. The Hall–Kier alpha value is -1.37. The fourth-order valence-corrected chi connectivity index (χ4v) is 2.06. The average molecular weight is 354 g/mol. The summed E-state index contributed by atoms with van der Waals surface area (Å²) in [5.74, 6) is 1.35. The Bertz CT molecular complexity index is 525. The fourth-order valence-electron chi connectivity index (χ4n) is 1.70. The molecule has 0 saturated heterocycles. The maximum atomic E-state index is 5.89. The Morgan fingerprint density at radius 2 is 1.94 bits per heavy atom. The Morgan fingerprint density at radius 1 is 1.22 bits per heavy atom. The van der Waals surface area contributed by atoms with Crippen LogP contribution in [0.15, 0.2) is 30.6 Å². The van der Waals surface area contributed by atoms with Crippen LogP contribution in [0.1, 0.15) is 18.9 Å². The zero-order chi connectivity index (χ0) is 13.0. The van der Waals surface area contributed by atoms with Gasteiger partial charge in [0.05, 0.1) is 0 Å². The summed E-state index contributed by atoms with van der Waals surface area (Å²) in [6, 6.07) is 8.14. The number of anilines is 3. The van der Waals surface area contributed by atoms with Crippen LogP contribution in [-0.4, -0.2) is 9.97 Å². The number of nitrogens with two attached hydrogens (primary N) is 1. The molecule has 2 aromatic rings. The second-order valence-electron chi connectivity index (χ2n) is 3.97. The molecule has 4 nitrogen and oxygen atoms in total. The maximum Gasteiger partial charge on any atom is 0.139 e. The number of nitrogens with zero attached hydrogens (tertiary/aromatic N) is 2. The lowest BCUT2D eigenvalue weighted by Crippen LogP contribution is -2.05. The van der Waals surface area contributed by atoms with E-state index in [1.165, 1.54) is 9.90 Å². The zero-order valence-electron chi connectivity index (χ0n) is 10.2. The molecule has 5 heteroatoms. The molecule has 0 spiro atoms. The zero-order valence-corrected chi connectivity index (χ0v) is 12.3. The number of rotatable bonds is 4. The van der Waals surface area contributed by atoms with Gasteiger partial charge in [0.2, 0.25) is 0 Å². The van der Waals surface area contributed by atoms with Crippen LogP contribution in [0.2, 0.25) is 0 Å². The van der Waals surface area contributed by atoms with Crippen LogP contribution in [0.3, 0.4) is 0 Å². The van der Waals surface area contributed by atoms with Gasteiger partial charge in [-0.25, -0.2) is 9.97 Å². The van der Waals surface area contributed by atoms with Crippen LogP contribution in [-0.2, 0) is 6.42 Å². The number of nitrogens with one attached hydrogen (secondary N) is 1. The van der Waals surface area contributed by atoms with Crippen molar-refractivity contribution in [2.24, 2.45) is 0 Å². The monoisotopic (exact) mass is 354 g/mol. The summed E-state index contributed by atoms with van der Waals surface area (Å²) in [7, 11) is 0. The molecule has 1 heterocycles. The second kappa shape index (κ2) is 5.99. The van der Waals surface area contributed by atoms with Gasteiger partial charge in [-0.3, -0.25) is 0 Å². The van der Waals surface area contributed by atoms with Gasteiger partial charge in [0.15, 0.2) is 0 Å². The van der Waals surface area contributed by atoms with E-state index in [9.17, 15) is 0 Å². The Kier molecular flexibility index (Phi) is 4.35. The van der Waals surface area contributed by atoms with Gasteiger partial charge in [-0.1, -0.05) is 13.3 Å². The van der Waals surface area contributed by atoms with Crippen molar-refractivity contribution >= 4 is 39.9 Å². The van der Waals surface area contributed by atoms with Gasteiger partial charge in [0, 0.05) is 14.8 Å². The van der Waals surface area contributed by atoms with Crippen molar-refractivity contribution in [3.05, 3.63) is 39.7 Å². The van der Waals surface area contributed by atoms with Crippen LogP contribution < -0.4 is 11.1 Å². The van der Waals surface area contributed by atoms with Crippen LogP contribution >= 0.6 is 22.6 Å². The van der Waals surface area contributed by atoms with Gasteiger partial charge in [-0.05, 0) is 53.3 Å². The number of halogens is 1. The Balaban J connectivity index is 2.28. The molecule has 0 atom stereocenters. The van der Waals surface area contributed by atoms with E-state index < -0.39 is 0 Å². The highest BCUT2D eigenvalue weighted by Crippen LogP contribution is 2.23. The highest BCUT2D eigenvalue weighted by molar-refractivity contribution is 14.1. The average Bonchev–Trinajstić information content (AvgIpc) is 2.36. The molecule has 0 bridgehead atoms. The lowest BCUT2D eigenvalue weighted by molar-refractivity contribution is 0.908. The van der Waals surface area contributed by atoms with E-state index >= 15 is 0 Å². The normalized spacial score (nSPS) is 10.3. The molecule has 94 valence electrons. The van der Waals surface area contributed by atoms with Gasteiger partial charge in [0.25, 0.3) is 0 Å². The van der Waals surface area contributed by atoms with Crippen molar-refractivity contribution in [2.75, 3.05) is 11.1 Å². The van der Waals surface area contributed by atoms with Crippen LogP contribution in [0, 0.1) is 3.57 Å². The first-order valence-corrected chi connectivity index (χ1v) is 6.90. The van der Waals surface area contributed by atoms with Crippen molar-refractivity contribution in [1.82, 2.24) is 9.97 Å². The SMILES string of the molecule is CCCc1c(N)ncnc1Nc1ccc(I)cc1. The van der Waals surface area contributed by atoms with Crippen LogP contribution in [0.25, 0.3) is 0 Å². The Labute approximate surface area is 120 Å². The third-order valence-corrected chi connectivity index (χ3v) is 3.30. The largest absolute Gasteiger partial charge is 0.383 e. The molecule has 3 N–H and O–H groups in total. The summed E-state index contributed by atoms with van der Waals surface area (Å²) in [6.07, 6.45) is 3.38. The Morgan fingerprint density at radius 3 is 2.61 bits per heavy atom. The number of aromatic nitrogens is 2. The molecule has 0 unspecified atom stereocenters. The molecule has 0 fully saturated rings. The minimum Gasteiger partial charge on any atom is -0.383 e. The van der Waals surface area contributed by atoms with E-state index in [1.54, 1.807) is 0 Å². The van der Waals surface area contributed by atoms with Crippen molar-refractivity contribution in [1.29, 1.82) is 0 Å². The van der Waals surface area contributed by atoms with E-state index in [-0.39, 0.29) is 0 Å². The lowest BCUT2D eigenvalue weighted by atomic mass is 10.1. The van der Waals surface area contributed by atoms with Crippen molar-refractivity contribution in [3.8, 4) is 0 Å². The molecule has 0 radical (unpaired) electrons. The van der Waals surface area contributed by atoms with E-state index in [1.807, 2.05) is 24.3 Å². The minimum absolute atomic E-state index is 0.555. The molecule has 18 heavy (non-hydrogen) atoms. The van der Waals surface area contributed by atoms with E-state index in [2.05, 4.69) is 44.8 Å². The molecule has 0 saturated carbocycles. The molecule has 1 aromatic carbocycles. The van der Waals surface area contributed by atoms with E-state index in [0.717, 1.165) is 29.9 Å². The molecule has 0 aliphatic carbocycles. The van der Waals surface area contributed by atoms with Crippen LogP contribution in [0.4, 0.5) is 17.3 Å². The van der Waals surface area contributed by atoms with Crippen molar-refractivity contribution < 1.29 is 0 Å². The quantitative estimate of drug-likeness (QED) is 0.827. The summed E-state index contributed by atoms with van der Waals surface area (Å²) >= 11 is 2.28. The van der Waals surface area contributed by atoms with Crippen molar-refractivity contribution in [2.45, 2.75) is 19.8 Å². The van der Waals surface area contributed by atoms with Gasteiger partial charge in [-0.2, -0.15) is 0 Å². The van der Waals surface area contributed by atoms with Gasteiger partial charge in [0.1, 0.15) is 18.0 Å². The predicted octanol–water partition coefficient (Wildman–Crippen LogP) is 3.36. The summed E-state index contributed by atoms with van der Waals surface area (Å²) in [5.41, 5.74) is 7.88. The predicted molar refractivity (Wildman–Crippen MR) is 82.9 cm³/mol. The molecular weight excluding hydrogens is 339 g/mol. The molecule has 0 aliphatic rings. The third-order valence-electron chi connectivity index (χ3n) is 2.59. The molecular formula is C13H15IN4. The minimum atomic E-state index is 0.555. The maximum absolute atomic E-state index is 5.89. The summed E-state index contributed by atoms with van der Waals surface area (Å²) in [4.78, 5) is 8.31. The van der Waals surface area contributed by atoms with Crippen molar-refractivity contribution in [3.63, 3.8) is 0 Å². The third kappa shape index (κ3) is 3.10. The molecule has 2 rings (SSSR count). The lowest BCUT2D eigenvalue weighted by Gasteiger charge is -2.11. The number of hydrogen-bond acceptors (Lipinski definition) is 4. The highest BCUT2D eigenvalue weighted by Gasteiger charge is 2.08. The van der Waals surface area contributed by atoms with Gasteiger partial charge in [-0.15, -0.1) is 0 Å². The molecule has 0 amide bonds. The summed E-state index contributed by atoms with van der Waals surface area (Å²) < 4.78 is 1.20. The number of hydrogen-bond donors (Lipinski definition) is 2. The topological polar surface area (TPSA) is 63.8 Å². The van der Waals surface area contributed by atoms with Gasteiger partial charge >= 0.3 is 0 Å². The first-order valence-electron chi connectivity index (χ1n) is 5.82. The first-order chi connectivity index (χ1) is 8.70. The van der Waals surface area contributed by atoms with Crippen LogP contribution in [0.5, 0.6) is 0 Å². The number of nitrogen functional groups attached to an aromatic ring is 1. The van der Waals surface area contributed by atoms with E-state index in [0.29, 0.717) is 5.82 Å². The summed E-state index contributed by atoms with van der Waals surface area (Å²) in [5, 5.41) is 3.29. The number of benzene rings is 1. The highest BCUT2D eigenvalue weighted by atomic mass is 127. The van der Waals surface area contributed by atoms with E-state index in [4.69, 9.17) is 5.73 Å². The molecule has 1 aromatic heterocycles.